The summed E-state index contributed by atoms with van der Waals surface area (Å²) in [7, 11) is 0.552. The molecule has 3 rings (SSSR count). The second-order valence-electron chi connectivity index (χ2n) is 7.41. The Kier molecular flexibility index (Phi) is 5.18. The zero-order chi connectivity index (χ0) is 18.1. The van der Waals surface area contributed by atoms with Gasteiger partial charge in [-0.3, -0.25) is 4.79 Å². The number of carbonyl (C=O) groups is 1. The molecule has 2 fully saturated rings. The van der Waals surface area contributed by atoms with E-state index in [9.17, 15) is 13.2 Å². The van der Waals surface area contributed by atoms with Crippen LogP contribution in [0.5, 0.6) is 0 Å². The molecule has 0 amide bonds. The molecule has 0 saturated carbocycles. The molecule has 1 aromatic carbocycles. The van der Waals surface area contributed by atoms with Crippen molar-refractivity contribution in [2.75, 3.05) is 33.7 Å². The molecule has 2 aliphatic heterocycles. The van der Waals surface area contributed by atoms with Gasteiger partial charge in [0.05, 0.1) is 11.2 Å². The fraction of sp³-hybridized carbons (Fsp3) is 0.611. The summed E-state index contributed by atoms with van der Waals surface area (Å²) in [6.07, 6.45) is 1.69. The fourth-order valence-electron chi connectivity index (χ4n) is 3.82. The molecule has 1 spiro atoms. The predicted octanol–water partition coefficient (Wildman–Crippen LogP) is 1.48. The van der Waals surface area contributed by atoms with Crippen molar-refractivity contribution in [2.45, 2.75) is 31.1 Å². The van der Waals surface area contributed by atoms with Gasteiger partial charge in [0.2, 0.25) is 10.0 Å². The molecular formula is C18H26N2O4S. The number of nitrogens with zero attached hydrogens (tertiary/aromatic N) is 2. The highest BCUT2D eigenvalue weighted by Gasteiger charge is 2.51. The lowest BCUT2D eigenvalue weighted by atomic mass is 9.76. The highest BCUT2D eigenvalue weighted by atomic mass is 32.2. The van der Waals surface area contributed by atoms with Crippen molar-refractivity contribution in [3.05, 3.63) is 35.9 Å². The van der Waals surface area contributed by atoms with Gasteiger partial charge >= 0.3 is 5.97 Å². The van der Waals surface area contributed by atoms with E-state index in [0.717, 1.165) is 5.56 Å². The van der Waals surface area contributed by atoms with Crippen LogP contribution in [0.3, 0.4) is 0 Å². The summed E-state index contributed by atoms with van der Waals surface area (Å²) in [6.45, 7) is 1.49. The maximum atomic E-state index is 12.7. The molecule has 0 radical (unpaired) electrons. The van der Waals surface area contributed by atoms with Gasteiger partial charge in [0.25, 0.3) is 0 Å². The van der Waals surface area contributed by atoms with Crippen molar-refractivity contribution in [1.82, 2.24) is 9.21 Å². The van der Waals surface area contributed by atoms with Crippen molar-refractivity contribution >= 4 is 16.0 Å². The molecule has 6 nitrogen and oxygen atoms in total. The van der Waals surface area contributed by atoms with Crippen LogP contribution in [0.15, 0.2) is 30.3 Å². The lowest BCUT2D eigenvalue weighted by Crippen LogP contribution is -2.45. The topological polar surface area (TPSA) is 66.9 Å². The van der Waals surface area contributed by atoms with E-state index in [0.29, 0.717) is 38.9 Å². The van der Waals surface area contributed by atoms with Crippen LogP contribution >= 0.6 is 0 Å². The summed E-state index contributed by atoms with van der Waals surface area (Å²) in [5.41, 5.74) is 0.286. The summed E-state index contributed by atoms with van der Waals surface area (Å²) in [4.78, 5) is 14.4. The number of esters is 1. The third-order valence-electron chi connectivity index (χ3n) is 5.16. The standard InChI is InChI=1S/C18H26N2O4S/c1-19(2)13-16-12-18(17(21)24-16)8-10-20(11-9-18)25(22,23)14-15-6-4-3-5-7-15/h3-7,16H,8-14H2,1-2H3. The molecule has 7 heteroatoms. The molecule has 0 N–H and O–H groups in total. The molecular weight excluding hydrogens is 340 g/mol. The van der Waals surface area contributed by atoms with Crippen LogP contribution < -0.4 is 0 Å². The first-order valence-electron chi connectivity index (χ1n) is 8.68. The number of likely N-dealkylation sites (N-methyl/N-ethyl adjacent to an activating group) is 1. The minimum Gasteiger partial charge on any atom is -0.461 e. The van der Waals surface area contributed by atoms with Gasteiger partial charge in [0.1, 0.15) is 6.10 Å². The Morgan fingerprint density at radius 2 is 1.84 bits per heavy atom. The Bertz CT molecular complexity index is 710. The Morgan fingerprint density at radius 1 is 1.20 bits per heavy atom. The minimum atomic E-state index is -3.36. The van der Waals surface area contributed by atoms with E-state index in [2.05, 4.69) is 0 Å². The van der Waals surface area contributed by atoms with Crippen molar-refractivity contribution in [2.24, 2.45) is 5.41 Å². The Labute approximate surface area is 149 Å². The minimum absolute atomic E-state index is 0.00847. The molecule has 0 bridgehead atoms. The summed E-state index contributed by atoms with van der Waals surface area (Å²) < 4.78 is 32.4. The largest absolute Gasteiger partial charge is 0.461 e. The van der Waals surface area contributed by atoms with Crippen LogP contribution in [-0.2, 0) is 25.3 Å². The van der Waals surface area contributed by atoms with Gasteiger partial charge in [0, 0.05) is 26.1 Å². The van der Waals surface area contributed by atoms with Crippen molar-refractivity contribution < 1.29 is 17.9 Å². The molecule has 2 heterocycles. The highest BCUT2D eigenvalue weighted by Crippen LogP contribution is 2.43. The Morgan fingerprint density at radius 3 is 2.44 bits per heavy atom. The Hall–Kier alpha value is -1.44. The van der Waals surface area contributed by atoms with Gasteiger partial charge in [-0.15, -0.1) is 0 Å². The number of hydrogen-bond acceptors (Lipinski definition) is 5. The van der Waals surface area contributed by atoms with Crippen LogP contribution in [0.4, 0.5) is 0 Å². The van der Waals surface area contributed by atoms with Gasteiger partial charge in [-0.25, -0.2) is 12.7 Å². The first-order valence-corrected chi connectivity index (χ1v) is 10.3. The van der Waals surface area contributed by atoms with Crippen LogP contribution in [0.25, 0.3) is 0 Å². The molecule has 0 aromatic heterocycles. The maximum Gasteiger partial charge on any atom is 0.312 e. The summed E-state index contributed by atoms with van der Waals surface area (Å²) in [5.74, 6) is -0.145. The van der Waals surface area contributed by atoms with Gasteiger partial charge in [-0.2, -0.15) is 0 Å². The molecule has 2 aliphatic rings. The van der Waals surface area contributed by atoms with Crippen LogP contribution in [0.1, 0.15) is 24.8 Å². The number of rotatable bonds is 5. The monoisotopic (exact) mass is 366 g/mol. The number of sulfonamides is 1. The third kappa shape index (κ3) is 4.04. The lowest BCUT2D eigenvalue weighted by molar-refractivity contribution is -0.150. The van der Waals surface area contributed by atoms with Crippen LogP contribution in [0, 0.1) is 5.41 Å². The van der Waals surface area contributed by atoms with Crippen LogP contribution in [0.2, 0.25) is 0 Å². The number of ether oxygens (including phenoxy) is 1. The number of cyclic esters (lactones) is 1. The van der Waals surface area contributed by atoms with Gasteiger partial charge < -0.3 is 9.64 Å². The molecule has 1 unspecified atom stereocenters. The van der Waals surface area contributed by atoms with E-state index in [1.165, 1.54) is 4.31 Å². The van der Waals surface area contributed by atoms with E-state index in [1.54, 1.807) is 0 Å². The van der Waals surface area contributed by atoms with E-state index >= 15 is 0 Å². The zero-order valence-electron chi connectivity index (χ0n) is 14.8. The number of carbonyl (C=O) groups excluding carboxylic acids is 1. The maximum absolute atomic E-state index is 12.7. The van der Waals surface area contributed by atoms with Gasteiger partial charge in [0.15, 0.2) is 0 Å². The molecule has 2 saturated heterocycles. The van der Waals surface area contributed by atoms with Crippen molar-refractivity contribution in [3.8, 4) is 0 Å². The molecule has 1 atom stereocenters. The lowest BCUT2D eigenvalue weighted by Gasteiger charge is -2.35. The van der Waals surface area contributed by atoms with Gasteiger partial charge in [-0.05, 0) is 32.5 Å². The summed E-state index contributed by atoms with van der Waals surface area (Å²) >= 11 is 0. The average Bonchev–Trinajstić information content (AvgIpc) is 2.82. The zero-order valence-corrected chi connectivity index (χ0v) is 15.7. The quantitative estimate of drug-likeness (QED) is 0.739. The number of benzene rings is 1. The van der Waals surface area contributed by atoms with E-state index in [1.807, 2.05) is 49.3 Å². The van der Waals surface area contributed by atoms with Gasteiger partial charge in [-0.1, -0.05) is 30.3 Å². The first kappa shape index (κ1) is 18.4. The second kappa shape index (κ2) is 7.05. The van der Waals surface area contributed by atoms with E-state index < -0.39 is 15.4 Å². The van der Waals surface area contributed by atoms with E-state index in [-0.39, 0.29) is 17.8 Å². The highest BCUT2D eigenvalue weighted by molar-refractivity contribution is 7.88. The smallest absolute Gasteiger partial charge is 0.312 e. The van der Waals surface area contributed by atoms with Crippen LogP contribution in [-0.4, -0.2) is 63.4 Å². The van der Waals surface area contributed by atoms with Crippen molar-refractivity contribution in [1.29, 1.82) is 0 Å². The second-order valence-corrected chi connectivity index (χ2v) is 9.38. The molecule has 1 aromatic rings. The molecule has 25 heavy (non-hydrogen) atoms. The normalized spacial score (nSPS) is 24.0. The average molecular weight is 366 g/mol. The predicted molar refractivity (Wildman–Crippen MR) is 95.4 cm³/mol. The summed E-state index contributed by atoms with van der Waals surface area (Å²) in [6, 6.07) is 9.20. The number of hydrogen-bond donors (Lipinski definition) is 0. The van der Waals surface area contributed by atoms with Crippen molar-refractivity contribution in [3.63, 3.8) is 0 Å². The Balaban J connectivity index is 1.62. The number of piperidine rings is 1. The molecule has 0 aliphatic carbocycles. The third-order valence-corrected chi connectivity index (χ3v) is 7.01. The fourth-order valence-corrected chi connectivity index (χ4v) is 5.36. The molecule has 138 valence electrons. The first-order chi connectivity index (χ1) is 11.8. The summed E-state index contributed by atoms with van der Waals surface area (Å²) in [5, 5.41) is 0. The van der Waals surface area contributed by atoms with E-state index in [4.69, 9.17) is 4.74 Å². The SMILES string of the molecule is CN(C)CC1CC2(CCN(S(=O)(=O)Cc3ccccc3)CC2)C(=O)O1.